The van der Waals surface area contributed by atoms with Gasteiger partial charge in [0.25, 0.3) is 0 Å². The molecule has 0 bridgehead atoms. The van der Waals surface area contributed by atoms with E-state index in [1.807, 2.05) is 73.3 Å². The maximum absolute atomic E-state index is 12.4. The summed E-state index contributed by atoms with van der Waals surface area (Å²) >= 11 is 0. The Morgan fingerprint density at radius 1 is 1.16 bits per heavy atom. The number of benzene rings is 2. The summed E-state index contributed by atoms with van der Waals surface area (Å²) in [6.45, 7) is 5.03. The van der Waals surface area contributed by atoms with Crippen molar-refractivity contribution in [2.75, 3.05) is 6.54 Å². The van der Waals surface area contributed by atoms with E-state index in [0.29, 0.717) is 13.1 Å². The monoisotopic (exact) mass is 336 g/mol. The molecule has 0 unspecified atom stereocenters. The Morgan fingerprint density at radius 2 is 1.84 bits per heavy atom. The third-order valence-electron chi connectivity index (χ3n) is 4.87. The fourth-order valence-electron chi connectivity index (χ4n) is 3.23. The highest BCUT2D eigenvalue weighted by Gasteiger charge is 2.36. The average Bonchev–Trinajstić information content (AvgIpc) is 3.03. The van der Waals surface area contributed by atoms with Crippen LogP contribution in [0.2, 0.25) is 0 Å². The molecule has 1 N–H and O–H groups in total. The van der Waals surface area contributed by atoms with Gasteiger partial charge in [0.05, 0.1) is 12.0 Å². The fraction of sp³-hybridized carbons (Fsp3) is 0.333. The van der Waals surface area contributed by atoms with Gasteiger partial charge in [-0.3, -0.25) is 9.59 Å². The highest BCUT2D eigenvalue weighted by atomic mass is 16.2. The third kappa shape index (κ3) is 4.08. The van der Waals surface area contributed by atoms with Crippen molar-refractivity contribution in [3.63, 3.8) is 0 Å². The molecule has 130 valence electrons. The van der Waals surface area contributed by atoms with Gasteiger partial charge in [-0.15, -0.1) is 0 Å². The van der Waals surface area contributed by atoms with Crippen LogP contribution in [0.3, 0.4) is 0 Å². The molecule has 4 nitrogen and oxygen atoms in total. The smallest absolute Gasteiger partial charge is 0.225 e. The zero-order chi connectivity index (χ0) is 17.8. The van der Waals surface area contributed by atoms with Crippen LogP contribution in [0.5, 0.6) is 0 Å². The molecular formula is C21H24N2O2. The Bertz CT molecular complexity index is 740. The lowest BCUT2D eigenvalue weighted by atomic mass is 10.1. The Balaban J connectivity index is 1.58. The summed E-state index contributed by atoms with van der Waals surface area (Å²) in [5.41, 5.74) is 3.36. The number of hydrogen-bond donors (Lipinski definition) is 1. The van der Waals surface area contributed by atoms with Crippen LogP contribution in [0.25, 0.3) is 0 Å². The van der Waals surface area contributed by atoms with Gasteiger partial charge in [-0.05, 0) is 25.0 Å². The van der Waals surface area contributed by atoms with Gasteiger partial charge in [-0.25, -0.2) is 0 Å². The van der Waals surface area contributed by atoms with E-state index in [-0.39, 0.29) is 30.2 Å². The topological polar surface area (TPSA) is 49.4 Å². The fourth-order valence-corrected chi connectivity index (χ4v) is 3.23. The van der Waals surface area contributed by atoms with Gasteiger partial charge in [0.15, 0.2) is 0 Å². The van der Waals surface area contributed by atoms with Crippen LogP contribution in [0.4, 0.5) is 0 Å². The molecule has 1 aliphatic rings. The SMILES string of the molecule is Cc1ccc(CNC(=O)[C@H]2CC(=O)N([C@H](C)c3ccccc3)C2)cc1. The minimum Gasteiger partial charge on any atom is -0.352 e. The van der Waals surface area contributed by atoms with Crippen molar-refractivity contribution in [1.29, 1.82) is 0 Å². The number of rotatable bonds is 5. The van der Waals surface area contributed by atoms with Crippen molar-refractivity contribution in [3.8, 4) is 0 Å². The number of hydrogen-bond acceptors (Lipinski definition) is 2. The molecule has 0 radical (unpaired) electrons. The predicted octanol–water partition coefficient (Wildman–Crippen LogP) is 3.22. The summed E-state index contributed by atoms with van der Waals surface area (Å²) < 4.78 is 0. The zero-order valence-corrected chi connectivity index (χ0v) is 14.7. The van der Waals surface area contributed by atoms with Gasteiger partial charge < -0.3 is 10.2 Å². The lowest BCUT2D eigenvalue weighted by Gasteiger charge is -2.25. The molecule has 0 aromatic heterocycles. The van der Waals surface area contributed by atoms with E-state index < -0.39 is 0 Å². The highest BCUT2D eigenvalue weighted by molar-refractivity contribution is 5.89. The minimum absolute atomic E-state index is 0.0106. The summed E-state index contributed by atoms with van der Waals surface area (Å²) in [6, 6.07) is 18.0. The van der Waals surface area contributed by atoms with Crippen LogP contribution in [0, 0.1) is 12.8 Å². The maximum atomic E-state index is 12.4. The Hall–Kier alpha value is -2.62. The Kier molecular flexibility index (Phi) is 5.17. The molecule has 1 heterocycles. The molecule has 1 fully saturated rings. The predicted molar refractivity (Wildman–Crippen MR) is 97.7 cm³/mol. The van der Waals surface area contributed by atoms with Crippen LogP contribution in [0.15, 0.2) is 54.6 Å². The lowest BCUT2D eigenvalue weighted by Crippen LogP contribution is -2.33. The first kappa shape index (κ1) is 17.2. The second-order valence-corrected chi connectivity index (χ2v) is 6.74. The van der Waals surface area contributed by atoms with Crippen molar-refractivity contribution in [3.05, 3.63) is 71.3 Å². The van der Waals surface area contributed by atoms with Crippen LogP contribution >= 0.6 is 0 Å². The summed E-state index contributed by atoms with van der Waals surface area (Å²) in [7, 11) is 0. The van der Waals surface area contributed by atoms with Gasteiger partial charge in [0.2, 0.25) is 11.8 Å². The second-order valence-electron chi connectivity index (χ2n) is 6.74. The van der Waals surface area contributed by atoms with Crippen molar-refractivity contribution in [2.45, 2.75) is 32.9 Å². The lowest BCUT2D eigenvalue weighted by molar-refractivity contribution is -0.130. The van der Waals surface area contributed by atoms with Crippen LogP contribution < -0.4 is 5.32 Å². The molecule has 2 aromatic rings. The third-order valence-corrected chi connectivity index (χ3v) is 4.87. The molecule has 0 aliphatic carbocycles. The molecule has 2 aromatic carbocycles. The zero-order valence-electron chi connectivity index (χ0n) is 14.7. The molecule has 3 rings (SSSR count). The van der Waals surface area contributed by atoms with E-state index in [1.165, 1.54) is 5.56 Å². The van der Waals surface area contributed by atoms with E-state index in [0.717, 1.165) is 11.1 Å². The van der Waals surface area contributed by atoms with Crippen molar-refractivity contribution in [1.82, 2.24) is 10.2 Å². The van der Waals surface area contributed by atoms with Crippen molar-refractivity contribution in [2.24, 2.45) is 5.92 Å². The van der Waals surface area contributed by atoms with E-state index in [4.69, 9.17) is 0 Å². The van der Waals surface area contributed by atoms with Gasteiger partial charge in [-0.2, -0.15) is 0 Å². The first-order valence-electron chi connectivity index (χ1n) is 8.72. The number of aryl methyl sites for hydroxylation is 1. The molecule has 2 amide bonds. The van der Waals surface area contributed by atoms with E-state index in [2.05, 4.69) is 5.32 Å². The van der Waals surface area contributed by atoms with Crippen molar-refractivity contribution < 1.29 is 9.59 Å². The van der Waals surface area contributed by atoms with Gasteiger partial charge in [-0.1, -0.05) is 60.2 Å². The summed E-state index contributed by atoms with van der Waals surface area (Å²) in [4.78, 5) is 26.6. The summed E-state index contributed by atoms with van der Waals surface area (Å²) in [5.74, 6) is -0.271. The van der Waals surface area contributed by atoms with Gasteiger partial charge in [0, 0.05) is 19.5 Å². The van der Waals surface area contributed by atoms with Crippen LogP contribution in [0.1, 0.15) is 36.1 Å². The van der Waals surface area contributed by atoms with Crippen LogP contribution in [-0.4, -0.2) is 23.3 Å². The summed E-state index contributed by atoms with van der Waals surface area (Å²) in [5, 5.41) is 2.96. The number of nitrogens with one attached hydrogen (secondary N) is 1. The van der Waals surface area contributed by atoms with E-state index in [9.17, 15) is 9.59 Å². The van der Waals surface area contributed by atoms with E-state index >= 15 is 0 Å². The number of carbonyl (C=O) groups is 2. The molecular weight excluding hydrogens is 312 g/mol. The first-order chi connectivity index (χ1) is 12.0. The standard InChI is InChI=1S/C21H24N2O2/c1-15-8-10-17(11-9-15)13-22-21(25)19-12-20(24)23(14-19)16(2)18-6-4-3-5-7-18/h3-11,16,19H,12-14H2,1-2H3,(H,22,25)/t16-,19+/m1/s1. The van der Waals surface area contributed by atoms with Gasteiger partial charge in [0.1, 0.15) is 0 Å². The van der Waals surface area contributed by atoms with Gasteiger partial charge >= 0.3 is 0 Å². The molecule has 0 spiro atoms. The number of likely N-dealkylation sites (tertiary alicyclic amines) is 1. The highest BCUT2D eigenvalue weighted by Crippen LogP contribution is 2.28. The van der Waals surface area contributed by atoms with Crippen molar-refractivity contribution >= 4 is 11.8 Å². The Labute approximate surface area is 148 Å². The van der Waals surface area contributed by atoms with Crippen LogP contribution in [-0.2, 0) is 16.1 Å². The summed E-state index contributed by atoms with van der Waals surface area (Å²) in [6.07, 6.45) is 0.289. The maximum Gasteiger partial charge on any atom is 0.225 e. The normalized spacial score (nSPS) is 18.2. The second kappa shape index (κ2) is 7.51. The molecule has 1 saturated heterocycles. The largest absolute Gasteiger partial charge is 0.352 e. The molecule has 0 saturated carbocycles. The first-order valence-corrected chi connectivity index (χ1v) is 8.72. The quantitative estimate of drug-likeness (QED) is 0.911. The number of carbonyl (C=O) groups excluding carboxylic acids is 2. The molecule has 2 atom stereocenters. The molecule has 25 heavy (non-hydrogen) atoms. The minimum atomic E-state index is -0.274. The molecule has 4 heteroatoms. The molecule has 1 aliphatic heterocycles. The number of amides is 2. The average molecular weight is 336 g/mol. The number of nitrogens with zero attached hydrogens (tertiary/aromatic N) is 1. The van der Waals surface area contributed by atoms with E-state index in [1.54, 1.807) is 0 Å². The Morgan fingerprint density at radius 3 is 2.52 bits per heavy atom.